The molecule has 1 N–H and O–H groups in total. The fourth-order valence-corrected chi connectivity index (χ4v) is 7.72. The van der Waals surface area contributed by atoms with E-state index in [1.165, 1.54) is 19.3 Å². The van der Waals surface area contributed by atoms with Crippen LogP contribution in [0, 0.1) is 23.2 Å². The van der Waals surface area contributed by atoms with Gasteiger partial charge in [-0.3, -0.25) is 4.79 Å². The van der Waals surface area contributed by atoms with Crippen molar-refractivity contribution >= 4 is 17.6 Å². The molecule has 1 aromatic carbocycles. The maximum atomic E-state index is 12.9. The summed E-state index contributed by atoms with van der Waals surface area (Å²) in [4.78, 5) is 15.3. The van der Waals surface area contributed by atoms with Crippen LogP contribution in [0.25, 0.3) is 0 Å². The number of nitrogens with zero attached hydrogens (tertiary/aromatic N) is 1. The van der Waals surface area contributed by atoms with Gasteiger partial charge in [0.15, 0.2) is 0 Å². The fraction of sp³-hybridized carbons (Fsp3) is 0.731. The van der Waals surface area contributed by atoms with E-state index >= 15 is 0 Å². The summed E-state index contributed by atoms with van der Waals surface area (Å²) in [6.07, 6.45) is 7.09. The lowest BCUT2D eigenvalue weighted by Crippen LogP contribution is -2.51. The second kappa shape index (κ2) is 7.43. The summed E-state index contributed by atoms with van der Waals surface area (Å²) >= 11 is 6.02. The highest BCUT2D eigenvalue weighted by Gasteiger charge is 2.65. The number of likely N-dealkylation sites (tertiary alicyclic amines) is 1. The van der Waals surface area contributed by atoms with Gasteiger partial charge in [-0.15, -0.1) is 0 Å². The number of halogens is 1. The predicted molar refractivity (Wildman–Crippen MR) is 121 cm³/mol. The van der Waals surface area contributed by atoms with E-state index in [0.29, 0.717) is 29.7 Å². The highest BCUT2D eigenvalue weighted by atomic mass is 35.5. The molecule has 0 unspecified atom stereocenters. The van der Waals surface area contributed by atoms with Gasteiger partial charge in [-0.2, -0.15) is 0 Å². The number of benzene rings is 1. The molecule has 2 aliphatic carbocycles. The topological polar surface area (TPSA) is 62.3 Å². The summed E-state index contributed by atoms with van der Waals surface area (Å²) in [5.41, 5.74) is 0.449. The summed E-state index contributed by atoms with van der Waals surface area (Å²) in [6.45, 7) is 5.62. The van der Waals surface area contributed by atoms with Crippen LogP contribution in [0.1, 0.15) is 57.4 Å². The molecule has 32 heavy (non-hydrogen) atoms. The SMILES string of the molecule is C[C@]12CCC[C@]3(CO3)[C@H]1C[C@@H]1[C@H](CN3CCC(O)(c4ccc(Cl)cc4)CC3)C(=O)O[C@@H]1C2. The van der Waals surface area contributed by atoms with Crippen LogP contribution in [0.15, 0.2) is 24.3 Å². The molecule has 3 aliphatic heterocycles. The highest BCUT2D eigenvalue weighted by Crippen LogP contribution is 2.62. The quantitative estimate of drug-likeness (QED) is 0.543. The zero-order valence-electron chi connectivity index (χ0n) is 18.9. The Bertz CT molecular complexity index is 892. The van der Waals surface area contributed by atoms with Crippen molar-refractivity contribution in [3.63, 3.8) is 0 Å². The van der Waals surface area contributed by atoms with Crippen molar-refractivity contribution in [3.05, 3.63) is 34.9 Å². The zero-order chi connectivity index (χ0) is 22.1. The second-order valence-electron chi connectivity index (χ2n) is 11.4. The lowest BCUT2D eigenvalue weighted by molar-refractivity contribution is -0.147. The van der Waals surface area contributed by atoms with Crippen LogP contribution in [0.5, 0.6) is 0 Å². The molecular weight excluding hydrogens is 426 g/mol. The fourth-order valence-electron chi connectivity index (χ4n) is 7.60. The van der Waals surface area contributed by atoms with E-state index in [1.54, 1.807) is 0 Å². The van der Waals surface area contributed by atoms with Crippen LogP contribution in [0.3, 0.4) is 0 Å². The molecule has 5 aliphatic rings. The molecule has 0 radical (unpaired) electrons. The number of rotatable bonds is 3. The Hall–Kier alpha value is -1.14. The number of aliphatic hydroxyl groups is 1. The van der Waals surface area contributed by atoms with Gasteiger partial charge in [0.25, 0.3) is 0 Å². The number of carbonyl (C=O) groups is 1. The standard InChI is InChI=1S/C26H34ClNO4/c1-24-7-2-8-26(16-31-26)22(24)13-19-20(23(29)32-21(19)14-24)15-28-11-9-25(30,10-12-28)17-3-5-18(27)6-4-17/h3-6,19-22,30H,2,7-16H2,1H3/t19-,20+,21-,22+,24-,26+/m1/s1. The number of ether oxygens (including phenoxy) is 2. The van der Waals surface area contributed by atoms with Crippen LogP contribution in [0.2, 0.25) is 5.02 Å². The summed E-state index contributed by atoms with van der Waals surface area (Å²) in [5.74, 6) is 0.797. The number of carbonyl (C=O) groups excluding carboxylic acids is 1. The van der Waals surface area contributed by atoms with Gasteiger partial charge in [0, 0.05) is 30.6 Å². The van der Waals surface area contributed by atoms with Crippen molar-refractivity contribution in [2.24, 2.45) is 23.2 Å². The van der Waals surface area contributed by atoms with E-state index in [9.17, 15) is 9.90 Å². The Balaban J connectivity index is 1.13. The molecule has 6 rings (SSSR count). The largest absolute Gasteiger partial charge is 0.462 e. The molecule has 0 bridgehead atoms. The Morgan fingerprint density at radius 3 is 2.56 bits per heavy atom. The van der Waals surface area contributed by atoms with Crippen molar-refractivity contribution < 1.29 is 19.4 Å². The molecule has 1 spiro atoms. The summed E-state index contributed by atoms with van der Waals surface area (Å²) in [7, 11) is 0. The molecule has 5 fully saturated rings. The smallest absolute Gasteiger partial charge is 0.310 e. The molecule has 2 saturated carbocycles. The van der Waals surface area contributed by atoms with Crippen molar-refractivity contribution in [3.8, 4) is 0 Å². The van der Waals surface area contributed by atoms with Gasteiger partial charge >= 0.3 is 5.97 Å². The molecule has 0 aromatic heterocycles. The van der Waals surface area contributed by atoms with Gasteiger partial charge in [-0.25, -0.2) is 0 Å². The third-order valence-corrected chi connectivity index (χ3v) is 9.85. The molecule has 1 aromatic rings. The van der Waals surface area contributed by atoms with Crippen LogP contribution in [-0.2, 0) is 19.9 Å². The lowest BCUT2D eigenvalue weighted by atomic mass is 9.53. The van der Waals surface area contributed by atoms with Gasteiger partial charge in [0.2, 0.25) is 0 Å². The normalized spacial score (nSPS) is 42.9. The Morgan fingerprint density at radius 2 is 1.88 bits per heavy atom. The molecule has 3 heterocycles. The van der Waals surface area contributed by atoms with Crippen molar-refractivity contribution in [1.29, 1.82) is 0 Å². The van der Waals surface area contributed by atoms with Crippen LogP contribution in [0.4, 0.5) is 0 Å². The van der Waals surface area contributed by atoms with Crippen LogP contribution in [-0.4, -0.2) is 53.9 Å². The summed E-state index contributed by atoms with van der Waals surface area (Å²) < 4.78 is 12.0. The van der Waals surface area contributed by atoms with E-state index in [-0.39, 0.29) is 29.0 Å². The molecule has 6 atom stereocenters. The summed E-state index contributed by atoms with van der Waals surface area (Å²) in [5, 5.41) is 11.9. The van der Waals surface area contributed by atoms with Gasteiger partial charge in [-0.05, 0) is 74.0 Å². The Kier molecular flexibility index (Phi) is 4.97. The van der Waals surface area contributed by atoms with E-state index in [0.717, 1.165) is 44.6 Å². The summed E-state index contributed by atoms with van der Waals surface area (Å²) in [6, 6.07) is 7.54. The molecule has 6 heteroatoms. The van der Waals surface area contributed by atoms with Crippen molar-refractivity contribution in [2.75, 3.05) is 26.2 Å². The van der Waals surface area contributed by atoms with Crippen LogP contribution < -0.4 is 0 Å². The number of hydrogen-bond donors (Lipinski definition) is 1. The van der Waals surface area contributed by atoms with E-state index < -0.39 is 5.60 Å². The number of hydrogen-bond acceptors (Lipinski definition) is 5. The molecular formula is C26H34ClNO4. The Labute approximate surface area is 195 Å². The molecule has 3 saturated heterocycles. The maximum Gasteiger partial charge on any atom is 0.310 e. The Morgan fingerprint density at radius 1 is 1.16 bits per heavy atom. The predicted octanol–water partition coefficient (Wildman–Crippen LogP) is 4.15. The molecule has 0 amide bonds. The highest BCUT2D eigenvalue weighted by molar-refractivity contribution is 6.30. The van der Waals surface area contributed by atoms with Crippen molar-refractivity contribution in [1.82, 2.24) is 4.90 Å². The van der Waals surface area contributed by atoms with Gasteiger partial charge in [0.05, 0.1) is 23.7 Å². The van der Waals surface area contributed by atoms with Crippen LogP contribution >= 0.6 is 11.6 Å². The first-order valence-corrected chi connectivity index (χ1v) is 12.7. The molecule has 5 nitrogen and oxygen atoms in total. The van der Waals surface area contributed by atoms with E-state index in [4.69, 9.17) is 21.1 Å². The van der Waals surface area contributed by atoms with Gasteiger partial charge < -0.3 is 19.5 Å². The van der Waals surface area contributed by atoms with Gasteiger partial charge in [-0.1, -0.05) is 30.7 Å². The number of epoxide rings is 1. The average Bonchev–Trinajstić information content (AvgIpc) is 3.47. The number of fused-ring (bicyclic) bond motifs is 3. The number of esters is 1. The molecule has 174 valence electrons. The average molecular weight is 460 g/mol. The minimum absolute atomic E-state index is 0.00783. The van der Waals surface area contributed by atoms with E-state index in [2.05, 4.69) is 11.8 Å². The first-order chi connectivity index (χ1) is 15.3. The lowest BCUT2D eigenvalue weighted by Gasteiger charge is -2.51. The van der Waals surface area contributed by atoms with Gasteiger partial charge in [0.1, 0.15) is 6.10 Å². The zero-order valence-corrected chi connectivity index (χ0v) is 19.7. The number of piperidine rings is 1. The monoisotopic (exact) mass is 459 g/mol. The third-order valence-electron chi connectivity index (χ3n) is 9.60. The van der Waals surface area contributed by atoms with E-state index in [1.807, 2.05) is 24.3 Å². The minimum atomic E-state index is -0.815. The van der Waals surface area contributed by atoms with Crippen molar-refractivity contribution in [2.45, 2.75) is 69.2 Å². The first-order valence-electron chi connectivity index (χ1n) is 12.4. The third kappa shape index (κ3) is 3.43. The first kappa shape index (κ1) is 21.4. The maximum absolute atomic E-state index is 12.9. The minimum Gasteiger partial charge on any atom is -0.462 e. The second-order valence-corrected chi connectivity index (χ2v) is 11.9.